The van der Waals surface area contributed by atoms with Crippen molar-refractivity contribution >= 4 is 37.8 Å². The van der Waals surface area contributed by atoms with Gasteiger partial charge in [-0.25, -0.2) is 8.42 Å². The highest BCUT2D eigenvalue weighted by Gasteiger charge is 2.28. The molecule has 3 aromatic rings. The summed E-state index contributed by atoms with van der Waals surface area (Å²) >= 11 is 6.73. The number of nitriles is 1. The zero-order valence-electron chi connectivity index (χ0n) is 12.2. The van der Waals surface area contributed by atoms with Gasteiger partial charge in [-0.05, 0) is 29.8 Å². The Hall–Kier alpha value is -2.33. The number of benzene rings is 2. The van der Waals surface area contributed by atoms with E-state index in [4.69, 9.17) is 17.3 Å². The number of anilines is 1. The van der Waals surface area contributed by atoms with Crippen LogP contribution >= 0.6 is 22.9 Å². The Kier molecular flexibility index (Phi) is 4.33. The average molecular weight is 375 g/mol. The molecule has 0 spiro atoms. The molecule has 0 aliphatic carbocycles. The lowest BCUT2D eigenvalue weighted by Crippen LogP contribution is -2.01. The molecule has 1 aromatic heterocycles. The minimum absolute atomic E-state index is 0.0603. The summed E-state index contributed by atoms with van der Waals surface area (Å²) in [5, 5.41) is 10.0. The summed E-state index contributed by atoms with van der Waals surface area (Å²) in [7, 11) is -3.82. The van der Waals surface area contributed by atoms with Crippen LogP contribution in [0, 0.1) is 11.3 Å². The minimum Gasteiger partial charge on any atom is -0.389 e. The van der Waals surface area contributed by atoms with Crippen LogP contribution in [0.4, 0.5) is 5.00 Å². The predicted octanol–water partition coefficient (Wildman–Crippen LogP) is 4.36. The Labute approximate surface area is 148 Å². The summed E-state index contributed by atoms with van der Waals surface area (Å²) in [6.07, 6.45) is 0. The molecule has 0 atom stereocenters. The number of nitrogens with zero attached hydrogens (tertiary/aromatic N) is 1. The Morgan fingerprint density at radius 1 is 1.04 bits per heavy atom. The maximum absolute atomic E-state index is 13.0. The largest absolute Gasteiger partial charge is 0.389 e. The highest BCUT2D eigenvalue weighted by molar-refractivity contribution is 7.93. The average Bonchev–Trinajstić information content (AvgIpc) is 2.93. The lowest BCUT2D eigenvalue weighted by atomic mass is 10.1. The van der Waals surface area contributed by atoms with Crippen LogP contribution in [0.3, 0.4) is 0 Å². The van der Waals surface area contributed by atoms with Gasteiger partial charge in [0.25, 0.3) is 0 Å². The fourth-order valence-electron chi connectivity index (χ4n) is 2.32. The second-order valence-electron chi connectivity index (χ2n) is 4.94. The Morgan fingerprint density at radius 2 is 1.67 bits per heavy atom. The van der Waals surface area contributed by atoms with E-state index >= 15 is 0 Å². The molecule has 0 saturated carbocycles. The van der Waals surface area contributed by atoms with Gasteiger partial charge in [-0.15, -0.1) is 11.3 Å². The highest BCUT2D eigenvalue weighted by atomic mass is 35.5. The molecular weight excluding hydrogens is 364 g/mol. The van der Waals surface area contributed by atoms with Gasteiger partial charge in [0.15, 0.2) is 0 Å². The number of thiophene rings is 1. The molecule has 0 aliphatic heterocycles. The molecule has 0 unspecified atom stereocenters. The van der Waals surface area contributed by atoms with Gasteiger partial charge in [-0.2, -0.15) is 5.26 Å². The number of sulfone groups is 1. The van der Waals surface area contributed by atoms with Crippen LogP contribution in [-0.2, 0) is 9.84 Å². The first-order valence-corrected chi connectivity index (χ1v) is 9.51. The van der Waals surface area contributed by atoms with Crippen molar-refractivity contribution in [2.75, 3.05) is 5.73 Å². The van der Waals surface area contributed by atoms with Crippen molar-refractivity contribution in [3.63, 3.8) is 0 Å². The van der Waals surface area contributed by atoms with E-state index in [1.807, 2.05) is 12.1 Å². The van der Waals surface area contributed by atoms with Crippen molar-refractivity contribution in [1.82, 2.24) is 0 Å². The summed E-state index contributed by atoms with van der Waals surface area (Å²) in [6.45, 7) is 0. The van der Waals surface area contributed by atoms with Gasteiger partial charge in [-0.3, -0.25) is 0 Å². The third kappa shape index (κ3) is 2.78. The third-order valence-electron chi connectivity index (χ3n) is 3.45. The lowest BCUT2D eigenvalue weighted by molar-refractivity contribution is 0.598. The highest BCUT2D eigenvalue weighted by Crippen LogP contribution is 2.43. The summed E-state index contributed by atoms with van der Waals surface area (Å²) in [5.41, 5.74) is 7.06. The molecule has 120 valence electrons. The van der Waals surface area contributed by atoms with Gasteiger partial charge in [0, 0.05) is 10.6 Å². The van der Waals surface area contributed by atoms with Crippen LogP contribution in [-0.4, -0.2) is 8.42 Å². The van der Waals surface area contributed by atoms with Crippen molar-refractivity contribution in [2.24, 2.45) is 0 Å². The molecule has 2 N–H and O–H groups in total. The fraction of sp³-hybridized carbons (Fsp3) is 0. The lowest BCUT2D eigenvalue weighted by Gasteiger charge is -2.07. The molecule has 0 saturated heterocycles. The molecule has 7 heteroatoms. The fourth-order valence-corrected chi connectivity index (χ4v) is 5.41. The molecule has 2 aromatic carbocycles. The van der Waals surface area contributed by atoms with Gasteiger partial charge in [0.2, 0.25) is 9.84 Å². The number of nitrogens with two attached hydrogens (primary N) is 1. The first kappa shape index (κ1) is 16.5. The van der Waals surface area contributed by atoms with E-state index < -0.39 is 9.84 Å². The molecule has 0 aliphatic rings. The Balaban J connectivity index is 2.29. The first-order chi connectivity index (χ1) is 11.4. The Bertz CT molecular complexity index is 1030. The zero-order valence-corrected chi connectivity index (χ0v) is 14.6. The molecule has 0 fully saturated rings. The number of hydrogen-bond acceptors (Lipinski definition) is 5. The second kappa shape index (κ2) is 6.29. The Morgan fingerprint density at radius 3 is 2.25 bits per heavy atom. The van der Waals surface area contributed by atoms with Crippen molar-refractivity contribution < 1.29 is 8.42 Å². The zero-order chi connectivity index (χ0) is 17.3. The molecule has 0 radical (unpaired) electrons. The molecule has 1 heterocycles. The van der Waals surface area contributed by atoms with Gasteiger partial charge in [-0.1, -0.05) is 41.9 Å². The SMILES string of the molecule is N#Cc1c(N)sc(S(=O)(=O)c2ccc(Cl)cc2)c1-c1ccccc1. The van der Waals surface area contributed by atoms with Crippen molar-refractivity contribution in [1.29, 1.82) is 5.26 Å². The maximum Gasteiger partial charge on any atom is 0.216 e. The van der Waals surface area contributed by atoms with E-state index in [0.29, 0.717) is 16.1 Å². The van der Waals surface area contributed by atoms with Crippen LogP contribution < -0.4 is 5.73 Å². The smallest absolute Gasteiger partial charge is 0.216 e. The van der Waals surface area contributed by atoms with Gasteiger partial charge in [0.1, 0.15) is 15.3 Å². The standard InChI is InChI=1S/C17H11ClN2O2S2/c18-12-6-8-13(9-7-12)24(21,22)17-15(11-4-2-1-3-5-11)14(10-19)16(20)23-17/h1-9H,20H2. The van der Waals surface area contributed by atoms with Crippen molar-refractivity contribution in [3.05, 3.63) is 65.2 Å². The summed E-state index contributed by atoms with van der Waals surface area (Å²) in [5.74, 6) is 0. The number of nitrogen functional groups attached to an aromatic ring is 1. The summed E-state index contributed by atoms with van der Waals surface area (Å²) < 4.78 is 26.1. The van der Waals surface area contributed by atoms with E-state index in [1.165, 1.54) is 24.3 Å². The van der Waals surface area contributed by atoms with E-state index in [2.05, 4.69) is 0 Å². The van der Waals surface area contributed by atoms with Gasteiger partial charge < -0.3 is 5.73 Å². The quantitative estimate of drug-likeness (QED) is 0.738. The molecule has 0 bridgehead atoms. The van der Waals surface area contributed by atoms with E-state index in [-0.39, 0.29) is 19.7 Å². The molecule has 24 heavy (non-hydrogen) atoms. The van der Waals surface area contributed by atoms with Crippen LogP contribution in [0.1, 0.15) is 5.56 Å². The van der Waals surface area contributed by atoms with E-state index in [1.54, 1.807) is 24.3 Å². The van der Waals surface area contributed by atoms with Crippen LogP contribution in [0.2, 0.25) is 5.02 Å². The molecular formula is C17H11ClN2O2S2. The number of hydrogen-bond donors (Lipinski definition) is 1. The monoisotopic (exact) mass is 374 g/mol. The summed E-state index contributed by atoms with van der Waals surface area (Å²) in [6, 6.07) is 16.8. The molecule has 0 amide bonds. The number of rotatable bonds is 3. The molecule has 3 rings (SSSR count). The second-order valence-corrected chi connectivity index (χ2v) is 8.57. The summed E-state index contributed by atoms with van der Waals surface area (Å²) in [4.78, 5) is 0.106. The van der Waals surface area contributed by atoms with E-state index in [0.717, 1.165) is 11.3 Å². The van der Waals surface area contributed by atoms with E-state index in [9.17, 15) is 13.7 Å². The normalized spacial score (nSPS) is 11.2. The van der Waals surface area contributed by atoms with Gasteiger partial charge >= 0.3 is 0 Å². The van der Waals surface area contributed by atoms with Crippen LogP contribution in [0.5, 0.6) is 0 Å². The topological polar surface area (TPSA) is 83.9 Å². The molecule has 4 nitrogen and oxygen atoms in total. The number of halogens is 1. The van der Waals surface area contributed by atoms with Crippen molar-refractivity contribution in [3.8, 4) is 17.2 Å². The minimum atomic E-state index is -3.82. The van der Waals surface area contributed by atoms with Crippen molar-refractivity contribution in [2.45, 2.75) is 9.10 Å². The first-order valence-electron chi connectivity index (χ1n) is 6.83. The van der Waals surface area contributed by atoms with Crippen LogP contribution in [0.15, 0.2) is 63.7 Å². The maximum atomic E-state index is 13.0. The van der Waals surface area contributed by atoms with Gasteiger partial charge in [0.05, 0.1) is 10.5 Å². The predicted molar refractivity (Wildman–Crippen MR) is 95.8 cm³/mol. The third-order valence-corrected chi connectivity index (χ3v) is 7.00. The van der Waals surface area contributed by atoms with Crippen LogP contribution in [0.25, 0.3) is 11.1 Å².